The number of carbonyl (C=O) groups excluding carboxylic acids is 2. The fourth-order valence-corrected chi connectivity index (χ4v) is 11.2. The normalized spacial score (nSPS) is 13.8. The fraction of sp³-hybridized carbons (Fsp3) is 0.861. The minimum Gasteiger partial charge on any atom is -0.756 e. The first-order valence-corrected chi connectivity index (χ1v) is 36.9. The Balaban J connectivity index is 5.06. The number of ether oxygens (including phenoxy) is 1. The summed E-state index contributed by atoms with van der Waals surface area (Å²) in [5.74, 6) is -0.528. The van der Waals surface area contributed by atoms with Gasteiger partial charge in [-0.05, 0) is 89.5 Å². The molecule has 0 aliphatic rings. The highest BCUT2D eigenvalue weighted by Gasteiger charge is 2.27. The van der Waals surface area contributed by atoms with Crippen LogP contribution in [0.15, 0.2) is 48.6 Å². The molecule has 0 aliphatic carbocycles. The minimum absolute atomic E-state index is 0.0211. The number of nitrogens with zero attached hydrogens (tertiary/aromatic N) is 1. The Morgan fingerprint density at radius 3 is 1.13 bits per heavy atom. The SMILES string of the molecule is CCCCC/C=C\C/C=C\CCCCCCCCCCCCCCCC(=O)OC(/C=C/CCCCCCCCCCCC)C(COP(=O)([O-])OCC[N+](C)(C)C)NC(=O)CCCCCCCCCCCCC/C=C/CCCCCCCC. The predicted octanol–water partition coefficient (Wildman–Crippen LogP) is 21.8. The van der Waals surface area contributed by atoms with E-state index in [1.807, 2.05) is 33.3 Å². The number of allylic oxidation sites excluding steroid dienone is 7. The number of carbonyl (C=O) groups is 2. The Kier molecular flexibility index (Phi) is 60.5. The van der Waals surface area contributed by atoms with Crippen molar-refractivity contribution in [3.63, 3.8) is 0 Å². The molecule has 0 spiro atoms. The second kappa shape index (κ2) is 62.0. The lowest BCUT2D eigenvalue weighted by Crippen LogP contribution is -2.47. The second-order valence-corrected chi connectivity index (χ2v) is 26.8. The van der Waals surface area contributed by atoms with Crippen LogP contribution in [0.1, 0.15) is 348 Å². The van der Waals surface area contributed by atoms with Crippen molar-refractivity contribution in [1.29, 1.82) is 0 Å². The van der Waals surface area contributed by atoms with Crippen LogP contribution in [0, 0.1) is 0 Å². The zero-order valence-electron chi connectivity index (χ0n) is 55.2. The molecule has 0 aromatic rings. The maximum Gasteiger partial charge on any atom is 0.306 e. The molecule has 3 atom stereocenters. The molecule has 9 nitrogen and oxygen atoms in total. The van der Waals surface area contributed by atoms with Gasteiger partial charge in [0.2, 0.25) is 5.91 Å². The van der Waals surface area contributed by atoms with Gasteiger partial charge >= 0.3 is 5.97 Å². The highest BCUT2D eigenvalue weighted by Crippen LogP contribution is 2.38. The molecule has 1 N–H and O–H groups in total. The first kappa shape index (κ1) is 80.0. The number of amides is 1. The predicted molar refractivity (Wildman–Crippen MR) is 353 cm³/mol. The second-order valence-electron chi connectivity index (χ2n) is 25.4. The van der Waals surface area contributed by atoms with Gasteiger partial charge in [-0.15, -0.1) is 0 Å². The van der Waals surface area contributed by atoms with Crippen molar-refractivity contribution in [3.8, 4) is 0 Å². The van der Waals surface area contributed by atoms with Crippen LogP contribution >= 0.6 is 7.82 Å². The number of unbranched alkanes of at least 4 members (excludes halogenated alkanes) is 43. The number of phosphoric acid groups is 1. The third-order valence-corrected chi connectivity index (χ3v) is 16.9. The van der Waals surface area contributed by atoms with E-state index >= 15 is 0 Å². The number of phosphoric ester groups is 1. The molecule has 482 valence electrons. The van der Waals surface area contributed by atoms with Crippen molar-refractivity contribution in [3.05, 3.63) is 48.6 Å². The van der Waals surface area contributed by atoms with Gasteiger partial charge in [0.05, 0.1) is 33.8 Å². The van der Waals surface area contributed by atoms with Crippen molar-refractivity contribution in [2.75, 3.05) is 40.9 Å². The number of hydrogen-bond donors (Lipinski definition) is 1. The third kappa shape index (κ3) is 62.5. The van der Waals surface area contributed by atoms with Crippen LogP contribution < -0.4 is 10.2 Å². The maximum absolute atomic E-state index is 13.6. The van der Waals surface area contributed by atoms with Gasteiger partial charge in [-0.3, -0.25) is 14.2 Å². The Bertz CT molecular complexity index is 1540. The zero-order valence-corrected chi connectivity index (χ0v) is 56.1. The first-order chi connectivity index (χ1) is 39.9. The average molecular weight is 1170 g/mol. The molecule has 0 bridgehead atoms. The van der Waals surface area contributed by atoms with Crippen LogP contribution in [0.25, 0.3) is 0 Å². The van der Waals surface area contributed by atoms with Gasteiger partial charge in [0.25, 0.3) is 7.82 Å². The van der Waals surface area contributed by atoms with Gasteiger partial charge in [-0.2, -0.15) is 0 Å². The molecule has 0 aromatic heterocycles. The lowest BCUT2D eigenvalue weighted by atomic mass is 10.0. The van der Waals surface area contributed by atoms with Crippen LogP contribution in [0.3, 0.4) is 0 Å². The highest BCUT2D eigenvalue weighted by atomic mass is 31.2. The maximum atomic E-state index is 13.6. The van der Waals surface area contributed by atoms with E-state index in [1.165, 1.54) is 250 Å². The first-order valence-electron chi connectivity index (χ1n) is 35.4. The van der Waals surface area contributed by atoms with Crippen molar-refractivity contribution in [1.82, 2.24) is 5.32 Å². The topological polar surface area (TPSA) is 114 Å². The average Bonchev–Trinajstić information content (AvgIpc) is 3.44. The smallest absolute Gasteiger partial charge is 0.306 e. The van der Waals surface area contributed by atoms with Crippen molar-refractivity contribution in [2.45, 2.75) is 360 Å². The summed E-state index contributed by atoms with van der Waals surface area (Å²) in [4.78, 5) is 40.2. The number of esters is 1. The zero-order chi connectivity index (χ0) is 60.0. The molecule has 0 saturated carbocycles. The van der Waals surface area contributed by atoms with E-state index in [-0.39, 0.29) is 31.5 Å². The summed E-state index contributed by atoms with van der Waals surface area (Å²) in [7, 11) is 1.20. The Hall–Kier alpha value is -2.03. The van der Waals surface area contributed by atoms with Gasteiger partial charge in [0.1, 0.15) is 19.3 Å². The lowest BCUT2D eigenvalue weighted by Gasteiger charge is -2.30. The largest absolute Gasteiger partial charge is 0.756 e. The summed E-state index contributed by atoms with van der Waals surface area (Å²) < 4.78 is 30.5. The van der Waals surface area contributed by atoms with Gasteiger partial charge < -0.3 is 28.5 Å². The van der Waals surface area contributed by atoms with E-state index in [1.54, 1.807) is 0 Å². The summed E-state index contributed by atoms with van der Waals surface area (Å²) in [5, 5.41) is 3.05. The van der Waals surface area contributed by atoms with Crippen LogP contribution in [-0.4, -0.2) is 69.4 Å². The molecule has 0 fully saturated rings. The Morgan fingerprint density at radius 1 is 0.427 bits per heavy atom. The summed E-state index contributed by atoms with van der Waals surface area (Å²) >= 11 is 0. The van der Waals surface area contributed by atoms with E-state index in [0.29, 0.717) is 17.4 Å². The lowest BCUT2D eigenvalue weighted by molar-refractivity contribution is -0.870. The third-order valence-electron chi connectivity index (χ3n) is 16.0. The molecule has 10 heteroatoms. The molecule has 0 aliphatic heterocycles. The Labute approximate surface area is 509 Å². The number of hydrogen-bond acceptors (Lipinski definition) is 7. The number of nitrogens with one attached hydrogen (secondary N) is 1. The molecule has 0 heterocycles. The monoisotopic (exact) mass is 1170 g/mol. The van der Waals surface area contributed by atoms with Crippen LogP contribution in [0.2, 0.25) is 0 Å². The molecule has 1 amide bonds. The highest BCUT2D eigenvalue weighted by molar-refractivity contribution is 7.45. The van der Waals surface area contributed by atoms with E-state index in [4.69, 9.17) is 13.8 Å². The number of quaternary nitrogens is 1. The standard InChI is InChI=1S/C72H137N2O7P/c1-7-10-13-16-19-22-25-28-30-32-34-36-37-39-41-43-45-47-50-53-56-59-62-65-72(76)81-70(63-60-57-54-51-48-27-24-21-18-15-12-9-3)69(68-80-82(77,78)79-67-66-74(4,5)6)73-71(75)64-61-58-55-52-49-46-44-42-40-38-35-33-31-29-26-23-20-17-14-11-8-2/h19,22,28-31,60,63,69-70H,7-18,20-21,23-27,32-59,61-62,64-68H2,1-6H3,(H-,73,75,77,78)/b22-19-,30-28-,31-29+,63-60+. The molecular formula is C72H137N2O7P. The molecular weight excluding hydrogens is 1040 g/mol. The summed E-state index contributed by atoms with van der Waals surface area (Å²) in [6.07, 6.45) is 78.0. The van der Waals surface area contributed by atoms with E-state index in [2.05, 4.69) is 62.5 Å². The van der Waals surface area contributed by atoms with Crippen LogP contribution in [0.4, 0.5) is 0 Å². The van der Waals surface area contributed by atoms with Crippen LogP contribution in [0.5, 0.6) is 0 Å². The van der Waals surface area contributed by atoms with Gasteiger partial charge in [-0.25, -0.2) is 0 Å². The van der Waals surface area contributed by atoms with Gasteiger partial charge in [-0.1, -0.05) is 294 Å². The van der Waals surface area contributed by atoms with E-state index < -0.39 is 20.0 Å². The van der Waals surface area contributed by atoms with Crippen molar-refractivity contribution in [2.24, 2.45) is 0 Å². The summed E-state index contributed by atoms with van der Waals surface area (Å²) in [6, 6.07) is -0.888. The van der Waals surface area contributed by atoms with Gasteiger partial charge in [0.15, 0.2) is 0 Å². The van der Waals surface area contributed by atoms with E-state index in [9.17, 15) is 19.0 Å². The van der Waals surface area contributed by atoms with Crippen LogP contribution in [-0.2, 0) is 27.9 Å². The molecule has 0 saturated heterocycles. The molecule has 3 unspecified atom stereocenters. The van der Waals surface area contributed by atoms with Crippen molar-refractivity contribution < 1.29 is 37.3 Å². The molecule has 0 radical (unpaired) electrons. The number of rotatable bonds is 65. The van der Waals surface area contributed by atoms with Gasteiger partial charge in [0, 0.05) is 12.8 Å². The Morgan fingerprint density at radius 2 is 0.744 bits per heavy atom. The fourth-order valence-electron chi connectivity index (χ4n) is 10.5. The molecule has 82 heavy (non-hydrogen) atoms. The summed E-state index contributed by atoms with van der Waals surface area (Å²) in [6.45, 7) is 6.86. The quantitative estimate of drug-likeness (QED) is 0.0212. The van der Waals surface area contributed by atoms with Crippen molar-refractivity contribution >= 4 is 19.7 Å². The molecule has 0 rings (SSSR count). The summed E-state index contributed by atoms with van der Waals surface area (Å²) in [5.41, 5.74) is 0. The number of likely N-dealkylation sites (N-methyl/N-ethyl adjacent to an activating group) is 1. The minimum atomic E-state index is -4.70. The molecule has 0 aromatic carbocycles. The van der Waals surface area contributed by atoms with E-state index in [0.717, 1.165) is 64.2 Å².